The van der Waals surface area contributed by atoms with E-state index in [1.165, 1.54) is 0 Å². The second kappa shape index (κ2) is 5.00. The number of alkyl halides is 1. The lowest BCUT2D eigenvalue weighted by Gasteiger charge is -2.14. The molecule has 0 aromatic carbocycles. The molecule has 5 nitrogen and oxygen atoms in total. The largest absolute Gasteiger partial charge is 0.308 e. The van der Waals surface area contributed by atoms with Crippen LogP contribution in [0.1, 0.15) is 24.0 Å². The van der Waals surface area contributed by atoms with Gasteiger partial charge in [-0.25, -0.2) is 18.4 Å². The Labute approximate surface area is 122 Å². The maximum atomic E-state index is 11.7. The van der Waals surface area contributed by atoms with E-state index in [0.29, 0.717) is 18.7 Å². The molecular formula is C13H16ClN3O2S. The molecule has 0 spiro atoms. The molecule has 2 aromatic heterocycles. The lowest BCUT2D eigenvalue weighted by atomic mass is 10.2. The number of imidazole rings is 1. The second-order valence-corrected chi connectivity index (χ2v) is 7.80. The number of sulfone groups is 1. The first kappa shape index (κ1) is 13.8. The van der Waals surface area contributed by atoms with E-state index in [9.17, 15) is 8.42 Å². The van der Waals surface area contributed by atoms with Crippen LogP contribution in [0.15, 0.2) is 12.1 Å². The van der Waals surface area contributed by atoms with Crippen LogP contribution in [0.2, 0.25) is 0 Å². The molecule has 0 bridgehead atoms. The first-order chi connectivity index (χ1) is 9.50. The number of aromatic nitrogens is 3. The molecule has 1 aliphatic heterocycles. The van der Waals surface area contributed by atoms with Crippen molar-refractivity contribution < 1.29 is 8.42 Å². The molecule has 3 heterocycles. The molecule has 1 aliphatic rings. The Balaban J connectivity index is 2.15. The number of rotatable bonds is 3. The average Bonchev–Trinajstić information content (AvgIpc) is 2.89. The minimum absolute atomic E-state index is 0.0717. The summed E-state index contributed by atoms with van der Waals surface area (Å²) in [6.07, 6.45) is 1.24. The third-order valence-electron chi connectivity index (χ3n) is 3.64. The fourth-order valence-electron chi connectivity index (χ4n) is 2.74. The number of hydrogen-bond acceptors (Lipinski definition) is 4. The first-order valence-corrected chi connectivity index (χ1v) is 8.96. The van der Waals surface area contributed by atoms with Crippen LogP contribution in [0, 0.1) is 6.92 Å². The van der Waals surface area contributed by atoms with Crippen LogP contribution in [-0.2, 0) is 16.3 Å². The van der Waals surface area contributed by atoms with E-state index in [4.69, 9.17) is 11.6 Å². The van der Waals surface area contributed by atoms with Crippen molar-refractivity contribution in [1.82, 2.24) is 14.5 Å². The highest BCUT2D eigenvalue weighted by molar-refractivity contribution is 7.91. The SMILES string of the molecule is Cc1ccc2nc(CCCl)n(C3CCS(=O)(=O)C3)c2n1. The van der Waals surface area contributed by atoms with Gasteiger partial charge in [-0.1, -0.05) is 0 Å². The molecule has 1 atom stereocenters. The van der Waals surface area contributed by atoms with E-state index in [0.717, 1.165) is 22.7 Å². The molecule has 0 amide bonds. The van der Waals surface area contributed by atoms with Crippen molar-refractivity contribution in [2.45, 2.75) is 25.8 Å². The minimum atomic E-state index is -2.94. The van der Waals surface area contributed by atoms with Crippen LogP contribution in [0.25, 0.3) is 11.2 Å². The molecular weight excluding hydrogens is 298 g/mol. The van der Waals surface area contributed by atoms with Crippen molar-refractivity contribution in [3.05, 3.63) is 23.7 Å². The van der Waals surface area contributed by atoms with Gasteiger partial charge in [0.2, 0.25) is 0 Å². The predicted octanol–water partition coefficient (Wildman–Crippen LogP) is 1.88. The summed E-state index contributed by atoms with van der Waals surface area (Å²) in [6, 6.07) is 3.77. The molecule has 20 heavy (non-hydrogen) atoms. The number of pyridine rings is 1. The normalized spacial score (nSPS) is 21.6. The monoisotopic (exact) mass is 313 g/mol. The smallest absolute Gasteiger partial charge is 0.160 e. The fraction of sp³-hybridized carbons (Fsp3) is 0.538. The Morgan fingerprint density at radius 2 is 2.20 bits per heavy atom. The Morgan fingerprint density at radius 1 is 1.40 bits per heavy atom. The van der Waals surface area contributed by atoms with Crippen molar-refractivity contribution >= 4 is 32.6 Å². The number of hydrogen-bond donors (Lipinski definition) is 0. The van der Waals surface area contributed by atoms with Crippen molar-refractivity contribution in [3.63, 3.8) is 0 Å². The number of aryl methyl sites for hydroxylation is 2. The highest BCUT2D eigenvalue weighted by atomic mass is 35.5. The molecule has 1 saturated heterocycles. The Kier molecular flexibility index (Phi) is 3.46. The van der Waals surface area contributed by atoms with Crippen molar-refractivity contribution in [2.75, 3.05) is 17.4 Å². The predicted molar refractivity (Wildman–Crippen MR) is 79.0 cm³/mol. The topological polar surface area (TPSA) is 64.8 Å². The zero-order valence-corrected chi connectivity index (χ0v) is 12.8. The summed E-state index contributed by atoms with van der Waals surface area (Å²) in [7, 11) is -2.94. The number of nitrogens with zero attached hydrogens (tertiary/aromatic N) is 3. The van der Waals surface area contributed by atoms with E-state index < -0.39 is 9.84 Å². The average molecular weight is 314 g/mol. The quantitative estimate of drug-likeness (QED) is 0.812. The van der Waals surface area contributed by atoms with Gasteiger partial charge in [-0.3, -0.25) is 0 Å². The Bertz CT molecular complexity index is 754. The summed E-state index contributed by atoms with van der Waals surface area (Å²) < 4.78 is 25.4. The van der Waals surface area contributed by atoms with E-state index in [2.05, 4.69) is 9.97 Å². The van der Waals surface area contributed by atoms with Gasteiger partial charge in [-0.15, -0.1) is 11.6 Å². The molecule has 1 fully saturated rings. The number of halogens is 1. The first-order valence-electron chi connectivity index (χ1n) is 6.61. The van der Waals surface area contributed by atoms with E-state index in [-0.39, 0.29) is 17.5 Å². The lowest BCUT2D eigenvalue weighted by Crippen LogP contribution is -2.15. The van der Waals surface area contributed by atoms with Gasteiger partial charge in [0.25, 0.3) is 0 Å². The van der Waals surface area contributed by atoms with Crippen molar-refractivity contribution in [1.29, 1.82) is 0 Å². The van der Waals surface area contributed by atoms with Crippen LogP contribution in [0.5, 0.6) is 0 Å². The van der Waals surface area contributed by atoms with Gasteiger partial charge in [0.05, 0.1) is 17.5 Å². The van der Waals surface area contributed by atoms with Gasteiger partial charge < -0.3 is 4.57 Å². The fourth-order valence-corrected chi connectivity index (χ4v) is 4.61. The third kappa shape index (κ3) is 2.42. The maximum absolute atomic E-state index is 11.7. The molecule has 7 heteroatoms. The number of fused-ring (bicyclic) bond motifs is 1. The Hall–Kier alpha value is -1.14. The zero-order chi connectivity index (χ0) is 14.3. The Morgan fingerprint density at radius 3 is 2.85 bits per heavy atom. The zero-order valence-electron chi connectivity index (χ0n) is 11.2. The summed E-state index contributed by atoms with van der Waals surface area (Å²) in [5.74, 6) is 1.70. The minimum Gasteiger partial charge on any atom is -0.308 e. The standard InChI is InChI=1S/C13H16ClN3O2S/c1-9-2-3-11-13(15-9)17(12(16-11)4-6-14)10-5-7-20(18,19)8-10/h2-3,10H,4-8H2,1H3. The van der Waals surface area contributed by atoms with Gasteiger partial charge >= 0.3 is 0 Å². The van der Waals surface area contributed by atoms with Gasteiger partial charge in [-0.05, 0) is 25.5 Å². The highest BCUT2D eigenvalue weighted by Crippen LogP contribution is 2.29. The molecule has 2 aromatic rings. The third-order valence-corrected chi connectivity index (χ3v) is 5.58. The van der Waals surface area contributed by atoms with Gasteiger partial charge in [0.15, 0.2) is 15.5 Å². The summed E-state index contributed by atoms with van der Waals surface area (Å²) >= 11 is 5.84. The summed E-state index contributed by atoms with van der Waals surface area (Å²) in [4.78, 5) is 9.09. The van der Waals surface area contributed by atoms with Crippen LogP contribution < -0.4 is 0 Å². The molecule has 3 rings (SSSR count). The molecule has 0 saturated carbocycles. The van der Waals surface area contributed by atoms with E-state index in [1.54, 1.807) is 0 Å². The van der Waals surface area contributed by atoms with Crippen LogP contribution >= 0.6 is 11.6 Å². The molecule has 0 radical (unpaired) electrons. The van der Waals surface area contributed by atoms with Gasteiger partial charge in [-0.2, -0.15) is 0 Å². The van der Waals surface area contributed by atoms with Crippen LogP contribution in [0.3, 0.4) is 0 Å². The van der Waals surface area contributed by atoms with Crippen molar-refractivity contribution in [2.24, 2.45) is 0 Å². The molecule has 1 unspecified atom stereocenters. The van der Waals surface area contributed by atoms with E-state index >= 15 is 0 Å². The summed E-state index contributed by atoms with van der Waals surface area (Å²) in [5.41, 5.74) is 2.48. The van der Waals surface area contributed by atoms with Gasteiger partial charge in [0.1, 0.15) is 11.3 Å². The summed E-state index contributed by atoms with van der Waals surface area (Å²) in [6.45, 7) is 1.92. The van der Waals surface area contributed by atoms with Crippen LogP contribution in [-0.4, -0.2) is 40.3 Å². The maximum Gasteiger partial charge on any atom is 0.160 e. The summed E-state index contributed by atoms with van der Waals surface area (Å²) in [5, 5.41) is 0. The van der Waals surface area contributed by atoms with Crippen molar-refractivity contribution in [3.8, 4) is 0 Å². The van der Waals surface area contributed by atoms with Crippen LogP contribution in [0.4, 0.5) is 0 Å². The highest BCUT2D eigenvalue weighted by Gasteiger charge is 2.31. The lowest BCUT2D eigenvalue weighted by molar-refractivity contribution is 0.544. The molecule has 0 N–H and O–H groups in total. The second-order valence-electron chi connectivity index (χ2n) is 5.19. The van der Waals surface area contributed by atoms with Gasteiger partial charge in [0, 0.05) is 18.0 Å². The van der Waals surface area contributed by atoms with E-state index in [1.807, 2.05) is 23.6 Å². The molecule has 108 valence electrons. The molecule has 0 aliphatic carbocycles.